The first kappa shape index (κ1) is 14.6. The van der Waals surface area contributed by atoms with Crippen molar-refractivity contribution in [2.24, 2.45) is 5.73 Å². The highest BCUT2D eigenvalue weighted by Crippen LogP contribution is 2.08. The zero-order valence-electron chi connectivity index (χ0n) is 10.7. The summed E-state index contributed by atoms with van der Waals surface area (Å²) in [6, 6.07) is 6.03. The molecule has 0 saturated heterocycles. The summed E-state index contributed by atoms with van der Waals surface area (Å²) in [5.74, 6) is -0.521. The average molecular weight is 254 g/mol. The molecule has 0 aromatic heterocycles. The fourth-order valence-corrected chi connectivity index (χ4v) is 1.66. The third-order valence-corrected chi connectivity index (χ3v) is 2.61. The maximum Gasteiger partial charge on any atom is 0.226 e. The second-order valence-electron chi connectivity index (χ2n) is 4.26. The number of benzene rings is 1. The number of rotatable bonds is 6. The van der Waals surface area contributed by atoms with Crippen LogP contribution in [0.2, 0.25) is 0 Å². The minimum Gasteiger partial charge on any atom is -0.383 e. The first-order chi connectivity index (χ1) is 8.54. The summed E-state index contributed by atoms with van der Waals surface area (Å²) < 4.78 is 18.3. The van der Waals surface area contributed by atoms with Gasteiger partial charge in [0.2, 0.25) is 5.91 Å². The number of amides is 1. The molecule has 0 aliphatic carbocycles. The van der Waals surface area contributed by atoms with Gasteiger partial charge in [0.05, 0.1) is 13.0 Å². The zero-order chi connectivity index (χ0) is 13.5. The second-order valence-corrected chi connectivity index (χ2v) is 4.26. The topological polar surface area (TPSA) is 55.6 Å². The first-order valence-corrected chi connectivity index (χ1v) is 5.76. The largest absolute Gasteiger partial charge is 0.383 e. The highest BCUT2D eigenvalue weighted by atomic mass is 19.1. The molecule has 1 aromatic rings. The summed E-state index contributed by atoms with van der Waals surface area (Å²) in [6.07, 6.45) is 0.0445. The van der Waals surface area contributed by atoms with Crippen LogP contribution in [0.25, 0.3) is 0 Å². The van der Waals surface area contributed by atoms with Crippen LogP contribution in [0.4, 0.5) is 4.39 Å². The number of halogens is 1. The van der Waals surface area contributed by atoms with Gasteiger partial charge in [-0.25, -0.2) is 4.39 Å². The lowest BCUT2D eigenvalue weighted by molar-refractivity contribution is -0.129. The number of hydrogen-bond acceptors (Lipinski definition) is 3. The number of methoxy groups -OCH3 is 1. The van der Waals surface area contributed by atoms with Crippen LogP contribution in [0.15, 0.2) is 24.3 Å². The van der Waals surface area contributed by atoms with Gasteiger partial charge in [-0.15, -0.1) is 0 Å². The van der Waals surface area contributed by atoms with Crippen LogP contribution in [-0.4, -0.2) is 44.2 Å². The summed E-state index contributed by atoms with van der Waals surface area (Å²) in [5.41, 5.74) is 6.15. The molecule has 0 saturated carbocycles. The smallest absolute Gasteiger partial charge is 0.226 e. The molecule has 1 atom stereocenters. The summed E-state index contributed by atoms with van der Waals surface area (Å²) in [7, 11) is 3.21. The molecule has 1 unspecified atom stereocenters. The average Bonchev–Trinajstić information content (AvgIpc) is 2.32. The molecule has 1 aromatic carbocycles. The minimum absolute atomic E-state index is 0.0445. The van der Waals surface area contributed by atoms with E-state index < -0.39 is 0 Å². The fraction of sp³-hybridized carbons (Fsp3) is 0.462. The molecule has 4 nitrogen and oxygen atoms in total. The zero-order valence-corrected chi connectivity index (χ0v) is 10.7. The van der Waals surface area contributed by atoms with Crippen molar-refractivity contribution in [1.29, 1.82) is 0 Å². The first-order valence-electron chi connectivity index (χ1n) is 5.76. The number of hydrogen-bond donors (Lipinski definition) is 1. The van der Waals surface area contributed by atoms with Gasteiger partial charge in [-0.2, -0.15) is 0 Å². The van der Waals surface area contributed by atoms with E-state index in [1.165, 1.54) is 11.0 Å². The van der Waals surface area contributed by atoms with Crippen LogP contribution < -0.4 is 5.73 Å². The molecule has 1 rings (SSSR count). The number of carbonyl (C=O) groups excluding carboxylic acids is 1. The van der Waals surface area contributed by atoms with Crippen molar-refractivity contribution >= 4 is 5.91 Å². The molecule has 18 heavy (non-hydrogen) atoms. The lowest BCUT2D eigenvalue weighted by Crippen LogP contribution is -2.41. The lowest BCUT2D eigenvalue weighted by Gasteiger charge is -2.21. The van der Waals surface area contributed by atoms with Crippen LogP contribution >= 0.6 is 0 Å². The van der Waals surface area contributed by atoms with Gasteiger partial charge in [0.25, 0.3) is 0 Å². The normalized spacial score (nSPS) is 12.2. The highest BCUT2D eigenvalue weighted by molar-refractivity contribution is 5.78. The van der Waals surface area contributed by atoms with Crippen molar-refractivity contribution in [3.8, 4) is 0 Å². The standard InChI is InChI=1S/C13H19FN2O2/c1-16(8-11(15)9-18-2)13(17)7-10-5-3-4-6-12(10)14/h3-6,11H,7-9,15H2,1-2H3. The fourth-order valence-electron chi connectivity index (χ4n) is 1.66. The van der Waals surface area contributed by atoms with E-state index in [4.69, 9.17) is 10.5 Å². The Kier molecular flexibility index (Phi) is 5.74. The lowest BCUT2D eigenvalue weighted by atomic mass is 10.1. The molecule has 0 aliphatic rings. The number of ether oxygens (including phenoxy) is 1. The SMILES string of the molecule is COCC(N)CN(C)C(=O)Cc1ccccc1F. The van der Waals surface area contributed by atoms with E-state index in [2.05, 4.69) is 0 Å². The Labute approximate surface area is 107 Å². The Morgan fingerprint density at radius 3 is 2.78 bits per heavy atom. The van der Waals surface area contributed by atoms with Crippen molar-refractivity contribution < 1.29 is 13.9 Å². The third-order valence-electron chi connectivity index (χ3n) is 2.61. The predicted molar refractivity (Wildman–Crippen MR) is 67.6 cm³/mol. The van der Waals surface area contributed by atoms with E-state index in [1.807, 2.05) is 0 Å². The van der Waals surface area contributed by atoms with Crippen molar-refractivity contribution in [2.75, 3.05) is 27.3 Å². The van der Waals surface area contributed by atoms with Crippen LogP contribution in [0.5, 0.6) is 0 Å². The molecule has 0 spiro atoms. The van der Waals surface area contributed by atoms with E-state index in [-0.39, 0.29) is 24.2 Å². The molecule has 2 N–H and O–H groups in total. The minimum atomic E-state index is -0.361. The van der Waals surface area contributed by atoms with Gasteiger partial charge in [-0.05, 0) is 11.6 Å². The maximum absolute atomic E-state index is 13.4. The summed E-state index contributed by atoms with van der Waals surface area (Å²) in [5, 5.41) is 0. The Hall–Kier alpha value is -1.46. The molecular formula is C13H19FN2O2. The Balaban J connectivity index is 2.52. The van der Waals surface area contributed by atoms with Gasteiger partial charge in [-0.1, -0.05) is 18.2 Å². The van der Waals surface area contributed by atoms with Gasteiger partial charge in [0.15, 0.2) is 0 Å². The van der Waals surface area contributed by atoms with E-state index in [0.29, 0.717) is 18.7 Å². The van der Waals surface area contributed by atoms with Crippen molar-refractivity contribution in [1.82, 2.24) is 4.90 Å². The highest BCUT2D eigenvalue weighted by Gasteiger charge is 2.14. The molecule has 0 radical (unpaired) electrons. The van der Waals surface area contributed by atoms with Gasteiger partial charge in [-0.3, -0.25) is 4.79 Å². The van der Waals surface area contributed by atoms with Crippen LogP contribution in [0.3, 0.4) is 0 Å². The number of nitrogens with two attached hydrogens (primary N) is 1. The summed E-state index contributed by atoms with van der Waals surface area (Å²) in [6.45, 7) is 0.776. The second kappa shape index (κ2) is 7.08. The predicted octanol–water partition coefficient (Wildman–Crippen LogP) is 0.800. The van der Waals surface area contributed by atoms with E-state index in [9.17, 15) is 9.18 Å². The van der Waals surface area contributed by atoms with Gasteiger partial charge >= 0.3 is 0 Å². The molecule has 5 heteroatoms. The monoisotopic (exact) mass is 254 g/mol. The summed E-state index contributed by atoms with van der Waals surface area (Å²) >= 11 is 0. The number of nitrogens with zero attached hydrogens (tertiary/aromatic N) is 1. The molecular weight excluding hydrogens is 235 g/mol. The van der Waals surface area contributed by atoms with E-state index in [0.717, 1.165) is 0 Å². The molecule has 0 heterocycles. The van der Waals surface area contributed by atoms with Gasteiger partial charge in [0.1, 0.15) is 5.82 Å². The van der Waals surface area contributed by atoms with E-state index >= 15 is 0 Å². The van der Waals surface area contributed by atoms with Crippen molar-refractivity contribution in [3.63, 3.8) is 0 Å². The Morgan fingerprint density at radius 2 is 2.17 bits per heavy atom. The van der Waals surface area contributed by atoms with Crippen molar-refractivity contribution in [2.45, 2.75) is 12.5 Å². The maximum atomic E-state index is 13.4. The van der Waals surface area contributed by atoms with Gasteiger partial charge < -0.3 is 15.4 Å². The number of carbonyl (C=O) groups is 1. The quantitative estimate of drug-likeness (QED) is 0.817. The van der Waals surface area contributed by atoms with Crippen LogP contribution in [0, 0.1) is 5.82 Å². The Bertz CT molecular complexity index is 398. The molecule has 100 valence electrons. The van der Waals surface area contributed by atoms with Crippen LogP contribution in [-0.2, 0) is 16.0 Å². The summed E-state index contributed by atoms with van der Waals surface area (Å²) in [4.78, 5) is 13.4. The van der Waals surface area contributed by atoms with E-state index in [1.54, 1.807) is 32.4 Å². The molecule has 0 bridgehead atoms. The molecule has 0 fully saturated rings. The number of likely N-dealkylation sites (N-methyl/N-ethyl adjacent to an activating group) is 1. The molecule has 1 amide bonds. The van der Waals surface area contributed by atoms with Crippen molar-refractivity contribution in [3.05, 3.63) is 35.6 Å². The van der Waals surface area contributed by atoms with Crippen LogP contribution in [0.1, 0.15) is 5.56 Å². The third kappa shape index (κ3) is 4.43. The molecule has 0 aliphatic heterocycles. The van der Waals surface area contributed by atoms with Gasteiger partial charge in [0, 0.05) is 26.7 Å². The Morgan fingerprint density at radius 1 is 1.50 bits per heavy atom.